The van der Waals surface area contributed by atoms with Crippen LogP contribution in [0, 0.1) is 5.41 Å². The number of thioether (sulfide) groups is 1. The second kappa shape index (κ2) is 4.01. The summed E-state index contributed by atoms with van der Waals surface area (Å²) in [5.41, 5.74) is 1.25. The molecule has 1 heterocycles. The van der Waals surface area contributed by atoms with Crippen LogP contribution in [-0.2, 0) is 4.79 Å². The fraction of sp³-hybridized carbons (Fsp3) is 0.462. The van der Waals surface area contributed by atoms with Crippen molar-refractivity contribution in [2.45, 2.75) is 25.5 Å². The third kappa shape index (κ3) is 2.10. The van der Waals surface area contributed by atoms with E-state index in [-0.39, 0.29) is 5.41 Å². The van der Waals surface area contributed by atoms with Crippen LogP contribution in [0.1, 0.15) is 31.1 Å². The van der Waals surface area contributed by atoms with Gasteiger partial charge in [-0.05, 0) is 18.9 Å². The van der Waals surface area contributed by atoms with Gasteiger partial charge in [-0.1, -0.05) is 37.3 Å². The average Bonchev–Trinajstić information content (AvgIpc) is 2.64. The van der Waals surface area contributed by atoms with Crippen molar-refractivity contribution in [1.82, 2.24) is 0 Å². The van der Waals surface area contributed by atoms with Gasteiger partial charge in [0.25, 0.3) is 0 Å². The molecule has 1 aliphatic heterocycles. The van der Waals surface area contributed by atoms with Crippen molar-refractivity contribution in [3.63, 3.8) is 0 Å². The summed E-state index contributed by atoms with van der Waals surface area (Å²) in [7, 11) is 0. The SMILES string of the molecule is CC(=O)[C@]1(C)CS[C@H](c2ccccc2)C1. The van der Waals surface area contributed by atoms with E-state index in [0.29, 0.717) is 11.0 Å². The molecule has 2 rings (SSSR count). The molecule has 1 aliphatic rings. The standard InChI is InChI=1S/C13H16OS/c1-10(14)13(2)8-12(15-9-13)11-6-4-3-5-7-11/h3-7,12H,8-9H2,1-2H3/t12-,13-/m0/s1. The van der Waals surface area contributed by atoms with Gasteiger partial charge in [-0.3, -0.25) is 4.79 Å². The molecule has 1 saturated heterocycles. The minimum Gasteiger partial charge on any atom is -0.299 e. The summed E-state index contributed by atoms with van der Waals surface area (Å²) in [5, 5.41) is 0.500. The van der Waals surface area contributed by atoms with Gasteiger partial charge >= 0.3 is 0 Å². The van der Waals surface area contributed by atoms with Crippen LogP contribution in [0.2, 0.25) is 0 Å². The molecule has 15 heavy (non-hydrogen) atoms. The van der Waals surface area contributed by atoms with Crippen LogP contribution >= 0.6 is 11.8 Å². The highest BCUT2D eigenvalue weighted by Crippen LogP contribution is 2.49. The van der Waals surface area contributed by atoms with Gasteiger partial charge in [-0.2, -0.15) is 11.8 Å². The second-order valence-electron chi connectivity index (χ2n) is 4.53. The Hall–Kier alpha value is -0.760. The zero-order valence-corrected chi connectivity index (χ0v) is 10.0. The zero-order valence-electron chi connectivity index (χ0n) is 9.19. The Morgan fingerprint density at radius 2 is 2.07 bits per heavy atom. The molecule has 0 bridgehead atoms. The second-order valence-corrected chi connectivity index (χ2v) is 5.72. The number of carbonyl (C=O) groups excluding carboxylic acids is 1. The largest absolute Gasteiger partial charge is 0.299 e. The lowest BCUT2D eigenvalue weighted by Crippen LogP contribution is -2.24. The van der Waals surface area contributed by atoms with E-state index in [2.05, 4.69) is 31.2 Å². The topological polar surface area (TPSA) is 17.1 Å². The molecule has 0 aliphatic carbocycles. The number of hydrogen-bond acceptors (Lipinski definition) is 2. The minimum atomic E-state index is -0.106. The van der Waals surface area contributed by atoms with E-state index in [1.54, 1.807) is 6.92 Å². The Labute approximate surface area is 95.3 Å². The molecule has 0 spiro atoms. The lowest BCUT2D eigenvalue weighted by atomic mass is 9.83. The molecule has 1 fully saturated rings. The normalized spacial score (nSPS) is 30.4. The summed E-state index contributed by atoms with van der Waals surface area (Å²) in [4.78, 5) is 11.5. The fourth-order valence-electron chi connectivity index (χ4n) is 1.94. The molecule has 0 N–H and O–H groups in total. The van der Waals surface area contributed by atoms with Crippen LogP contribution in [0.3, 0.4) is 0 Å². The van der Waals surface area contributed by atoms with Crippen molar-refractivity contribution in [3.8, 4) is 0 Å². The maximum absolute atomic E-state index is 11.5. The lowest BCUT2D eigenvalue weighted by Gasteiger charge is -2.18. The number of ketones is 1. The van der Waals surface area contributed by atoms with Gasteiger partial charge < -0.3 is 0 Å². The van der Waals surface area contributed by atoms with Gasteiger partial charge in [0.05, 0.1) is 0 Å². The predicted octanol–water partition coefficient (Wildman–Crippen LogP) is 3.46. The lowest BCUT2D eigenvalue weighted by molar-refractivity contribution is -0.124. The molecule has 1 nitrogen and oxygen atoms in total. The average molecular weight is 220 g/mol. The quantitative estimate of drug-likeness (QED) is 0.759. The third-order valence-electron chi connectivity index (χ3n) is 3.26. The molecule has 2 heteroatoms. The van der Waals surface area contributed by atoms with Crippen molar-refractivity contribution < 1.29 is 4.79 Å². The van der Waals surface area contributed by atoms with Crippen molar-refractivity contribution in [2.24, 2.45) is 5.41 Å². The molecule has 80 valence electrons. The van der Waals surface area contributed by atoms with E-state index in [4.69, 9.17) is 0 Å². The Morgan fingerprint density at radius 1 is 1.40 bits per heavy atom. The molecule has 2 atom stereocenters. The van der Waals surface area contributed by atoms with Crippen LogP contribution in [0.4, 0.5) is 0 Å². The van der Waals surface area contributed by atoms with Crippen LogP contribution in [0.25, 0.3) is 0 Å². The summed E-state index contributed by atoms with van der Waals surface area (Å²) in [5.74, 6) is 1.29. The summed E-state index contributed by atoms with van der Waals surface area (Å²) in [6.07, 6.45) is 0.983. The highest BCUT2D eigenvalue weighted by atomic mass is 32.2. The number of benzene rings is 1. The van der Waals surface area contributed by atoms with E-state index in [1.807, 2.05) is 17.8 Å². The van der Waals surface area contributed by atoms with Gasteiger partial charge in [0.2, 0.25) is 0 Å². The molecule has 0 unspecified atom stereocenters. The van der Waals surface area contributed by atoms with E-state index >= 15 is 0 Å². The first-order chi connectivity index (χ1) is 7.12. The third-order valence-corrected chi connectivity index (χ3v) is 4.91. The Morgan fingerprint density at radius 3 is 2.60 bits per heavy atom. The van der Waals surface area contributed by atoms with Crippen LogP contribution < -0.4 is 0 Å². The van der Waals surface area contributed by atoms with Crippen molar-refractivity contribution in [1.29, 1.82) is 0 Å². The van der Waals surface area contributed by atoms with Gasteiger partial charge in [0, 0.05) is 16.4 Å². The highest BCUT2D eigenvalue weighted by molar-refractivity contribution is 7.99. The predicted molar refractivity (Wildman–Crippen MR) is 65.0 cm³/mol. The maximum Gasteiger partial charge on any atom is 0.136 e. The van der Waals surface area contributed by atoms with Gasteiger partial charge in [0.1, 0.15) is 5.78 Å². The van der Waals surface area contributed by atoms with Gasteiger partial charge in [0.15, 0.2) is 0 Å². The first-order valence-electron chi connectivity index (χ1n) is 5.29. The Balaban J connectivity index is 2.14. The summed E-state index contributed by atoms with van der Waals surface area (Å²) in [6, 6.07) is 10.5. The van der Waals surface area contributed by atoms with E-state index in [1.165, 1.54) is 5.56 Å². The monoisotopic (exact) mass is 220 g/mol. The molecular weight excluding hydrogens is 204 g/mol. The van der Waals surface area contributed by atoms with E-state index in [9.17, 15) is 4.79 Å². The number of carbonyl (C=O) groups is 1. The van der Waals surface area contributed by atoms with Gasteiger partial charge in [-0.15, -0.1) is 0 Å². The Kier molecular flexibility index (Phi) is 2.87. The number of rotatable bonds is 2. The summed E-state index contributed by atoms with van der Waals surface area (Å²) < 4.78 is 0. The molecule has 0 radical (unpaired) electrons. The van der Waals surface area contributed by atoms with Crippen LogP contribution in [0.15, 0.2) is 30.3 Å². The molecule has 0 amide bonds. The van der Waals surface area contributed by atoms with Gasteiger partial charge in [-0.25, -0.2) is 0 Å². The van der Waals surface area contributed by atoms with E-state index < -0.39 is 0 Å². The first-order valence-corrected chi connectivity index (χ1v) is 6.34. The minimum absolute atomic E-state index is 0.106. The summed E-state index contributed by atoms with van der Waals surface area (Å²) in [6.45, 7) is 3.80. The first kappa shape index (κ1) is 10.7. The molecule has 0 saturated carbocycles. The van der Waals surface area contributed by atoms with Crippen LogP contribution in [0.5, 0.6) is 0 Å². The fourth-order valence-corrected chi connectivity index (χ4v) is 3.66. The van der Waals surface area contributed by atoms with Crippen LogP contribution in [-0.4, -0.2) is 11.5 Å². The maximum atomic E-state index is 11.5. The van der Waals surface area contributed by atoms with Crippen molar-refractivity contribution >= 4 is 17.5 Å². The molecule has 0 aromatic heterocycles. The number of hydrogen-bond donors (Lipinski definition) is 0. The molecule has 1 aromatic rings. The zero-order chi connectivity index (χ0) is 10.9. The van der Waals surface area contributed by atoms with Crippen molar-refractivity contribution in [3.05, 3.63) is 35.9 Å². The molecular formula is C13H16OS. The smallest absolute Gasteiger partial charge is 0.136 e. The highest BCUT2D eigenvalue weighted by Gasteiger charge is 2.39. The Bertz CT molecular complexity index is 360. The number of Topliss-reactive ketones (excluding diaryl/α,β-unsaturated/α-hetero) is 1. The molecule has 1 aromatic carbocycles. The summed E-state index contributed by atoms with van der Waals surface area (Å²) >= 11 is 1.91. The van der Waals surface area contributed by atoms with E-state index in [0.717, 1.165) is 12.2 Å². The van der Waals surface area contributed by atoms with Crippen molar-refractivity contribution in [2.75, 3.05) is 5.75 Å².